The first-order valence-corrected chi connectivity index (χ1v) is 7.57. The third-order valence-corrected chi connectivity index (χ3v) is 4.26. The summed E-state index contributed by atoms with van der Waals surface area (Å²) >= 11 is 0. The number of aromatic amines is 2. The van der Waals surface area contributed by atoms with Crippen LogP contribution < -0.4 is 11.2 Å². The van der Waals surface area contributed by atoms with Crippen LogP contribution in [0.1, 0.15) is 11.1 Å². The number of rotatable bonds is 2. The molecule has 0 amide bonds. The number of H-pyrrole nitrogens is 2. The molecule has 0 bridgehead atoms. The van der Waals surface area contributed by atoms with Crippen LogP contribution in [0.25, 0.3) is 21.5 Å². The molecule has 0 atom stereocenters. The highest BCUT2D eigenvalue weighted by Gasteiger charge is 2.14. The lowest BCUT2D eigenvalue weighted by atomic mass is 9.93. The van der Waals surface area contributed by atoms with E-state index in [1.165, 1.54) is 0 Å². The molecule has 0 spiro atoms. The lowest BCUT2D eigenvalue weighted by Gasteiger charge is -2.12. The molecule has 4 aromatic rings. The summed E-state index contributed by atoms with van der Waals surface area (Å²) in [5.74, 6) is -0.388. The van der Waals surface area contributed by atoms with Gasteiger partial charge in [-0.15, -0.1) is 0 Å². The maximum Gasteiger partial charge on any atom is 0.328 e. The average molecular weight is 318 g/mol. The molecule has 24 heavy (non-hydrogen) atoms. The van der Waals surface area contributed by atoms with Crippen LogP contribution >= 0.6 is 0 Å². The minimum atomic E-state index is -0.718. The Kier molecular flexibility index (Phi) is 3.20. The number of hydrogen-bond donors (Lipinski definition) is 3. The van der Waals surface area contributed by atoms with Crippen molar-refractivity contribution < 1.29 is 5.11 Å². The van der Waals surface area contributed by atoms with E-state index in [-0.39, 0.29) is 17.9 Å². The number of fused-ring (bicyclic) bond motifs is 2. The second-order valence-electron chi connectivity index (χ2n) is 5.71. The minimum absolute atomic E-state index is 0.149. The molecule has 1 heterocycles. The normalized spacial score (nSPS) is 11.2. The second kappa shape index (κ2) is 5.38. The highest BCUT2D eigenvalue weighted by Crippen LogP contribution is 2.30. The van der Waals surface area contributed by atoms with E-state index >= 15 is 0 Å². The molecule has 0 aliphatic rings. The standard InChI is InChI=1S/C19H14N2O3/c22-17-16(18(23)21-19(24)20-17)10-15-13-7-3-1-5-11(13)9-12-6-2-4-8-14(12)15/h1-9H,10H2,(H3,20,21,22,23,24). The van der Waals surface area contributed by atoms with Gasteiger partial charge in [0.25, 0.3) is 5.56 Å². The molecule has 0 radical (unpaired) electrons. The van der Waals surface area contributed by atoms with Gasteiger partial charge in [-0.3, -0.25) is 14.8 Å². The van der Waals surface area contributed by atoms with Gasteiger partial charge in [0.2, 0.25) is 5.88 Å². The van der Waals surface area contributed by atoms with Gasteiger partial charge in [-0.05, 0) is 33.2 Å². The second-order valence-corrected chi connectivity index (χ2v) is 5.71. The van der Waals surface area contributed by atoms with E-state index in [1.807, 2.05) is 48.5 Å². The van der Waals surface area contributed by atoms with Crippen LogP contribution in [0.3, 0.4) is 0 Å². The first kappa shape index (κ1) is 14.3. The highest BCUT2D eigenvalue weighted by atomic mass is 16.3. The topological polar surface area (TPSA) is 85.9 Å². The van der Waals surface area contributed by atoms with Crippen LogP contribution in [-0.4, -0.2) is 15.1 Å². The summed E-state index contributed by atoms with van der Waals surface area (Å²) < 4.78 is 0. The number of benzene rings is 3. The third kappa shape index (κ3) is 2.27. The molecule has 4 rings (SSSR count). The van der Waals surface area contributed by atoms with E-state index in [2.05, 4.69) is 16.0 Å². The number of aromatic nitrogens is 2. The molecular formula is C19H14N2O3. The van der Waals surface area contributed by atoms with Crippen LogP contribution in [0.2, 0.25) is 0 Å². The molecule has 0 aliphatic carbocycles. The number of hydrogen-bond acceptors (Lipinski definition) is 3. The molecule has 1 aromatic heterocycles. The maximum atomic E-state index is 12.1. The van der Waals surface area contributed by atoms with E-state index < -0.39 is 11.2 Å². The van der Waals surface area contributed by atoms with Crippen LogP contribution in [0.5, 0.6) is 5.88 Å². The lowest BCUT2D eigenvalue weighted by Crippen LogP contribution is -2.25. The smallest absolute Gasteiger partial charge is 0.328 e. The molecule has 0 fully saturated rings. The van der Waals surface area contributed by atoms with Crippen molar-refractivity contribution in [1.29, 1.82) is 0 Å². The largest absolute Gasteiger partial charge is 0.494 e. The Morgan fingerprint density at radius 2 is 1.38 bits per heavy atom. The first-order chi connectivity index (χ1) is 11.6. The van der Waals surface area contributed by atoms with Crippen molar-refractivity contribution in [2.24, 2.45) is 0 Å². The van der Waals surface area contributed by atoms with Gasteiger partial charge in [0, 0.05) is 6.42 Å². The van der Waals surface area contributed by atoms with Gasteiger partial charge in [0.1, 0.15) is 0 Å². The first-order valence-electron chi connectivity index (χ1n) is 7.57. The fraction of sp³-hybridized carbons (Fsp3) is 0.0526. The van der Waals surface area contributed by atoms with E-state index in [1.54, 1.807) is 0 Å². The van der Waals surface area contributed by atoms with Crippen molar-refractivity contribution in [3.05, 3.63) is 86.6 Å². The van der Waals surface area contributed by atoms with Gasteiger partial charge in [0.05, 0.1) is 5.56 Å². The molecule has 5 nitrogen and oxygen atoms in total. The summed E-state index contributed by atoms with van der Waals surface area (Å²) in [6, 6.07) is 17.9. The zero-order chi connectivity index (χ0) is 16.7. The molecular weight excluding hydrogens is 304 g/mol. The Hall–Kier alpha value is -3.34. The highest BCUT2D eigenvalue weighted by molar-refractivity contribution is 6.02. The van der Waals surface area contributed by atoms with Crippen molar-refractivity contribution in [1.82, 2.24) is 9.97 Å². The molecule has 5 heteroatoms. The van der Waals surface area contributed by atoms with E-state index in [0.29, 0.717) is 0 Å². The molecule has 0 aliphatic heterocycles. The van der Waals surface area contributed by atoms with Crippen molar-refractivity contribution in [2.75, 3.05) is 0 Å². The van der Waals surface area contributed by atoms with Gasteiger partial charge in [-0.25, -0.2) is 4.79 Å². The molecule has 0 saturated carbocycles. The van der Waals surface area contributed by atoms with Gasteiger partial charge in [0.15, 0.2) is 0 Å². The Morgan fingerprint density at radius 3 is 1.96 bits per heavy atom. The van der Waals surface area contributed by atoms with E-state index in [0.717, 1.165) is 27.1 Å². The molecule has 3 aromatic carbocycles. The van der Waals surface area contributed by atoms with Crippen molar-refractivity contribution in [2.45, 2.75) is 6.42 Å². The van der Waals surface area contributed by atoms with Crippen molar-refractivity contribution in [3.63, 3.8) is 0 Å². The lowest BCUT2D eigenvalue weighted by molar-refractivity contribution is 0.442. The summed E-state index contributed by atoms with van der Waals surface area (Å²) in [7, 11) is 0. The van der Waals surface area contributed by atoms with Crippen LogP contribution in [-0.2, 0) is 6.42 Å². The maximum absolute atomic E-state index is 12.1. The minimum Gasteiger partial charge on any atom is -0.494 e. The van der Waals surface area contributed by atoms with Gasteiger partial charge < -0.3 is 5.11 Å². The van der Waals surface area contributed by atoms with E-state index in [4.69, 9.17) is 0 Å². The Labute approximate surface area is 136 Å². The monoisotopic (exact) mass is 318 g/mol. The van der Waals surface area contributed by atoms with Gasteiger partial charge in [-0.2, -0.15) is 0 Å². The zero-order valence-corrected chi connectivity index (χ0v) is 12.7. The van der Waals surface area contributed by atoms with Crippen molar-refractivity contribution >= 4 is 21.5 Å². The average Bonchev–Trinajstić information content (AvgIpc) is 2.57. The number of nitrogens with one attached hydrogen (secondary N) is 2. The predicted octanol–water partition coefficient (Wildman–Crippen LogP) is 2.67. The van der Waals surface area contributed by atoms with Crippen LogP contribution in [0.15, 0.2) is 64.2 Å². The Bertz CT molecular complexity index is 1130. The van der Waals surface area contributed by atoms with Crippen LogP contribution in [0.4, 0.5) is 0 Å². The predicted molar refractivity (Wildman–Crippen MR) is 93.6 cm³/mol. The summed E-state index contributed by atoms with van der Waals surface area (Å²) in [6.45, 7) is 0. The zero-order valence-electron chi connectivity index (χ0n) is 12.7. The summed E-state index contributed by atoms with van der Waals surface area (Å²) in [5, 5.41) is 14.2. The number of aromatic hydroxyl groups is 1. The Morgan fingerprint density at radius 1 is 0.792 bits per heavy atom. The summed E-state index contributed by atoms with van der Waals surface area (Å²) in [6.07, 6.45) is 0.222. The molecule has 0 saturated heterocycles. The van der Waals surface area contributed by atoms with Gasteiger partial charge >= 0.3 is 5.69 Å². The van der Waals surface area contributed by atoms with E-state index in [9.17, 15) is 14.7 Å². The molecule has 0 unspecified atom stereocenters. The molecule has 3 N–H and O–H groups in total. The van der Waals surface area contributed by atoms with Crippen molar-refractivity contribution in [3.8, 4) is 5.88 Å². The summed E-state index contributed by atoms with van der Waals surface area (Å²) in [5.41, 5.74) is -0.204. The quantitative estimate of drug-likeness (QED) is 0.497. The van der Waals surface area contributed by atoms with Gasteiger partial charge in [-0.1, -0.05) is 48.5 Å². The third-order valence-electron chi connectivity index (χ3n) is 4.26. The summed E-state index contributed by atoms with van der Waals surface area (Å²) in [4.78, 5) is 27.8. The SMILES string of the molecule is O=c1[nH]c(O)c(Cc2c3ccccc3cc3ccccc23)c(=O)[nH]1. The fourth-order valence-electron chi connectivity index (χ4n) is 3.14. The fourth-order valence-corrected chi connectivity index (χ4v) is 3.14. The van der Waals surface area contributed by atoms with Crippen LogP contribution in [0, 0.1) is 0 Å². The Balaban J connectivity index is 2.05. The molecule has 118 valence electrons.